The van der Waals surface area contributed by atoms with Crippen molar-refractivity contribution in [2.45, 2.75) is 38.1 Å². The first-order valence-electron chi connectivity index (χ1n) is 7.52. The average molecular weight is 327 g/mol. The lowest BCUT2D eigenvalue weighted by atomic mass is 10.3. The van der Waals surface area contributed by atoms with Gasteiger partial charge in [0.15, 0.2) is 0 Å². The lowest BCUT2D eigenvalue weighted by Gasteiger charge is -2.11. The Morgan fingerprint density at radius 3 is 2.95 bits per heavy atom. The van der Waals surface area contributed by atoms with E-state index in [4.69, 9.17) is 27.9 Å². The van der Waals surface area contributed by atoms with Gasteiger partial charge in [0.2, 0.25) is 0 Å². The molecule has 1 atom stereocenters. The summed E-state index contributed by atoms with van der Waals surface area (Å²) in [7, 11) is 0. The van der Waals surface area contributed by atoms with Gasteiger partial charge in [-0.05, 0) is 50.3 Å². The summed E-state index contributed by atoms with van der Waals surface area (Å²) >= 11 is 12.4. The van der Waals surface area contributed by atoms with Crippen LogP contribution in [-0.4, -0.2) is 22.8 Å². The Morgan fingerprint density at radius 1 is 1.43 bits per heavy atom. The van der Waals surface area contributed by atoms with Crippen molar-refractivity contribution >= 4 is 34.2 Å². The summed E-state index contributed by atoms with van der Waals surface area (Å²) in [6, 6.07) is 5.76. The van der Waals surface area contributed by atoms with Gasteiger partial charge in [0.25, 0.3) is 0 Å². The molecule has 0 bridgehead atoms. The largest absolute Gasteiger partial charge is 0.381 e. The van der Waals surface area contributed by atoms with E-state index in [1.54, 1.807) is 0 Å². The molecule has 1 aliphatic carbocycles. The number of imidazole rings is 1. The maximum Gasteiger partial charge on any atom is 0.127 e. The fourth-order valence-electron chi connectivity index (χ4n) is 2.51. The standard InChI is InChI=1S/C16H20Cl2N2O/c1-11(17)16-19-14-6-5-13(18)9-15(14)20(16)7-2-8-21-10-12-3-4-12/h5-6,9,11-12H,2-4,7-8,10H2,1H3. The van der Waals surface area contributed by atoms with Gasteiger partial charge in [0.05, 0.1) is 16.4 Å². The van der Waals surface area contributed by atoms with Crippen LogP contribution in [0.1, 0.15) is 37.4 Å². The third-order valence-corrected chi connectivity index (χ3v) is 4.25. The second-order valence-electron chi connectivity index (χ2n) is 5.74. The number of ether oxygens (including phenoxy) is 1. The van der Waals surface area contributed by atoms with Gasteiger partial charge in [-0.15, -0.1) is 11.6 Å². The van der Waals surface area contributed by atoms with Crippen molar-refractivity contribution in [3.8, 4) is 0 Å². The lowest BCUT2D eigenvalue weighted by Crippen LogP contribution is -2.08. The molecular weight excluding hydrogens is 307 g/mol. The van der Waals surface area contributed by atoms with Crippen LogP contribution < -0.4 is 0 Å². The zero-order valence-electron chi connectivity index (χ0n) is 12.2. The van der Waals surface area contributed by atoms with Crippen LogP contribution in [0, 0.1) is 5.92 Å². The van der Waals surface area contributed by atoms with Gasteiger partial charge >= 0.3 is 0 Å². The van der Waals surface area contributed by atoms with Gasteiger partial charge in [-0.1, -0.05) is 11.6 Å². The van der Waals surface area contributed by atoms with Gasteiger partial charge in [0.1, 0.15) is 5.82 Å². The maximum atomic E-state index is 6.26. The fourth-order valence-corrected chi connectivity index (χ4v) is 2.85. The van der Waals surface area contributed by atoms with Crippen molar-refractivity contribution in [2.75, 3.05) is 13.2 Å². The first-order chi connectivity index (χ1) is 10.1. The minimum atomic E-state index is -0.122. The number of benzene rings is 1. The number of aromatic nitrogens is 2. The number of fused-ring (bicyclic) bond motifs is 1. The molecule has 5 heteroatoms. The second kappa shape index (κ2) is 6.55. The Morgan fingerprint density at radius 2 is 2.24 bits per heavy atom. The molecule has 3 nitrogen and oxygen atoms in total. The molecule has 1 unspecified atom stereocenters. The van der Waals surface area contributed by atoms with E-state index in [9.17, 15) is 0 Å². The molecule has 0 saturated heterocycles. The molecule has 21 heavy (non-hydrogen) atoms. The fraction of sp³-hybridized carbons (Fsp3) is 0.562. The highest BCUT2D eigenvalue weighted by Crippen LogP contribution is 2.29. The Labute approximate surface area is 135 Å². The molecule has 0 N–H and O–H groups in total. The number of nitrogens with zero attached hydrogens (tertiary/aromatic N) is 2. The van der Waals surface area contributed by atoms with Gasteiger partial charge < -0.3 is 9.30 Å². The number of hydrogen-bond acceptors (Lipinski definition) is 2. The zero-order valence-corrected chi connectivity index (χ0v) is 13.7. The van der Waals surface area contributed by atoms with Crippen LogP contribution in [0.15, 0.2) is 18.2 Å². The predicted molar refractivity (Wildman–Crippen MR) is 87.2 cm³/mol. The third kappa shape index (κ3) is 3.71. The molecule has 2 aromatic rings. The SMILES string of the molecule is CC(Cl)c1nc2ccc(Cl)cc2n1CCCOCC1CC1. The van der Waals surface area contributed by atoms with Crippen molar-refractivity contribution in [3.05, 3.63) is 29.0 Å². The molecule has 1 heterocycles. The second-order valence-corrected chi connectivity index (χ2v) is 6.83. The number of alkyl halides is 1. The molecule has 3 rings (SSSR count). The lowest BCUT2D eigenvalue weighted by molar-refractivity contribution is 0.119. The zero-order chi connectivity index (χ0) is 14.8. The molecule has 0 spiro atoms. The van der Waals surface area contributed by atoms with Gasteiger partial charge in [0, 0.05) is 24.8 Å². The van der Waals surface area contributed by atoms with Crippen molar-refractivity contribution in [3.63, 3.8) is 0 Å². The summed E-state index contributed by atoms with van der Waals surface area (Å²) in [5.41, 5.74) is 1.99. The molecule has 1 fully saturated rings. The number of aryl methyl sites for hydroxylation is 1. The highest BCUT2D eigenvalue weighted by molar-refractivity contribution is 6.31. The number of hydrogen-bond donors (Lipinski definition) is 0. The summed E-state index contributed by atoms with van der Waals surface area (Å²) in [5.74, 6) is 1.72. The molecule has 1 saturated carbocycles. The van der Waals surface area contributed by atoms with Gasteiger partial charge in [-0.2, -0.15) is 0 Å². The predicted octanol–water partition coefficient (Wildman–Crippen LogP) is 4.81. The Kier molecular flexibility index (Phi) is 4.72. The minimum Gasteiger partial charge on any atom is -0.381 e. The van der Waals surface area contributed by atoms with E-state index >= 15 is 0 Å². The Hall–Kier alpha value is -0.770. The van der Waals surface area contributed by atoms with Crippen molar-refractivity contribution in [2.24, 2.45) is 5.92 Å². The van der Waals surface area contributed by atoms with Crippen LogP contribution in [-0.2, 0) is 11.3 Å². The molecule has 1 aliphatic rings. The number of rotatable bonds is 7. The summed E-state index contributed by atoms with van der Waals surface area (Å²) in [4.78, 5) is 4.62. The molecule has 1 aromatic heterocycles. The van der Waals surface area contributed by atoms with Gasteiger partial charge in [-0.3, -0.25) is 0 Å². The molecular formula is C16H20Cl2N2O. The van der Waals surface area contributed by atoms with Crippen molar-refractivity contribution in [1.29, 1.82) is 0 Å². The molecule has 0 amide bonds. The van der Waals surface area contributed by atoms with Crippen LogP contribution in [0.5, 0.6) is 0 Å². The first-order valence-corrected chi connectivity index (χ1v) is 8.34. The maximum absolute atomic E-state index is 6.26. The Balaban J connectivity index is 1.71. The quantitative estimate of drug-likeness (QED) is 0.539. The van der Waals surface area contributed by atoms with Crippen LogP contribution in [0.4, 0.5) is 0 Å². The summed E-state index contributed by atoms with van der Waals surface area (Å²) in [6.07, 6.45) is 3.62. The van der Waals surface area contributed by atoms with Crippen LogP contribution >= 0.6 is 23.2 Å². The summed E-state index contributed by atoms with van der Waals surface area (Å²) < 4.78 is 7.87. The van der Waals surface area contributed by atoms with Gasteiger partial charge in [-0.25, -0.2) is 4.98 Å². The third-order valence-electron chi connectivity index (χ3n) is 3.82. The van der Waals surface area contributed by atoms with Crippen molar-refractivity contribution < 1.29 is 4.74 Å². The Bertz CT molecular complexity index is 620. The van der Waals surface area contributed by atoms with E-state index < -0.39 is 0 Å². The first kappa shape index (κ1) is 15.1. The van der Waals surface area contributed by atoms with E-state index in [1.165, 1.54) is 12.8 Å². The average Bonchev–Trinajstić information content (AvgIpc) is 3.20. The van der Waals surface area contributed by atoms with E-state index in [0.29, 0.717) is 0 Å². The van der Waals surface area contributed by atoms with E-state index in [-0.39, 0.29) is 5.38 Å². The van der Waals surface area contributed by atoms with E-state index in [1.807, 2.05) is 25.1 Å². The normalized spacial score (nSPS) is 16.5. The monoisotopic (exact) mass is 326 g/mol. The van der Waals surface area contributed by atoms with E-state index in [0.717, 1.165) is 54.0 Å². The molecule has 114 valence electrons. The molecule has 0 radical (unpaired) electrons. The van der Waals surface area contributed by atoms with Crippen molar-refractivity contribution in [1.82, 2.24) is 9.55 Å². The summed E-state index contributed by atoms with van der Waals surface area (Å²) in [6.45, 7) is 4.50. The topological polar surface area (TPSA) is 27.1 Å². The van der Waals surface area contributed by atoms with Crippen LogP contribution in [0.3, 0.4) is 0 Å². The highest BCUT2D eigenvalue weighted by atomic mass is 35.5. The van der Waals surface area contributed by atoms with E-state index in [2.05, 4.69) is 9.55 Å². The van der Waals surface area contributed by atoms with Crippen LogP contribution in [0.25, 0.3) is 11.0 Å². The number of halogens is 2. The molecule has 1 aromatic carbocycles. The highest BCUT2D eigenvalue weighted by Gasteiger charge is 2.21. The smallest absolute Gasteiger partial charge is 0.127 e. The minimum absolute atomic E-state index is 0.122. The van der Waals surface area contributed by atoms with Crippen LogP contribution in [0.2, 0.25) is 5.02 Å². The molecule has 0 aliphatic heterocycles. The summed E-state index contributed by atoms with van der Waals surface area (Å²) in [5, 5.41) is 0.603.